The highest BCUT2D eigenvalue weighted by Crippen LogP contribution is 2.11. The first kappa shape index (κ1) is 17.7. The zero-order chi connectivity index (χ0) is 15.9. The zero-order valence-electron chi connectivity index (χ0n) is 12.9. The maximum atomic E-state index is 11.8. The number of nitrogens with zero attached hydrogens (tertiary/aromatic N) is 1. The number of nitrogens with one attached hydrogen (secondary N) is 1. The van der Waals surface area contributed by atoms with Crippen molar-refractivity contribution in [2.75, 3.05) is 19.3 Å². The molecular formula is C15H24N2O3S. The van der Waals surface area contributed by atoms with Crippen LogP contribution in [0.5, 0.6) is 0 Å². The minimum absolute atomic E-state index is 0.116. The first-order valence-corrected chi connectivity index (χ1v) is 8.95. The van der Waals surface area contributed by atoms with Crippen molar-refractivity contribution in [2.45, 2.75) is 33.2 Å². The summed E-state index contributed by atoms with van der Waals surface area (Å²) < 4.78 is 25.0. The van der Waals surface area contributed by atoms with Crippen LogP contribution in [0.1, 0.15) is 30.9 Å². The van der Waals surface area contributed by atoms with E-state index in [4.69, 9.17) is 0 Å². The van der Waals surface area contributed by atoms with Crippen LogP contribution < -0.4 is 5.32 Å². The van der Waals surface area contributed by atoms with Crippen LogP contribution in [-0.2, 0) is 21.4 Å². The fourth-order valence-electron chi connectivity index (χ4n) is 1.96. The van der Waals surface area contributed by atoms with E-state index in [1.54, 1.807) is 0 Å². The summed E-state index contributed by atoms with van der Waals surface area (Å²) in [5, 5.41) is 2.75. The molecule has 21 heavy (non-hydrogen) atoms. The van der Waals surface area contributed by atoms with E-state index in [1.165, 1.54) is 10.6 Å². The molecule has 1 rings (SSSR count). The molecule has 118 valence electrons. The van der Waals surface area contributed by atoms with E-state index in [1.807, 2.05) is 38.1 Å². The van der Waals surface area contributed by atoms with E-state index in [-0.39, 0.29) is 18.9 Å². The molecule has 0 aromatic heterocycles. The van der Waals surface area contributed by atoms with E-state index in [0.717, 1.165) is 17.5 Å². The van der Waals surface area contributed by atoms with Crippen molar-refractivity contribution in [1.29, 1.82) is 0 Å². The van der Waals surface area contributed by atoms with E-state index in [2.05, 4.69) is 5.32 Å². The van der Waals surface area contributed by atoms with Crippen molar-refractivity contribution in [3.63, 3.8) is 0 Å². The molecule has 1 amide bonds. The number of carbonyl (C=O) groups is 1. The summed E-state index contributed by atoms with van der Waals surface area (Å²) in [5.41, 5.74) is 2.01. The van der Waals surface area contributed by atoms with Crippen LogP contribution in [0.3, 0.4) is 0 Å². The first-order chi connectivity index (χ1) is 9.82. The third-order valence-corrected chi connectivity index (χ3v) is 4.32. The van der Waals surface area contributed by atoms with E-state index in [0.29, 0.717) is 13.1 Å². The van der Waals surface area contributed by atoms with Crippen molar-refractivity contribution < 1.29 is 13.2 Å². The van der Waals surface area contributed by atoms with Crippen LogP contribution >= 0.6 is 0 Å². The van der Waals surface area contributed by atoms with E-state index >= 15 is 0 Å². The van der Waals surface area contributed by atoms with Gasteiger partial charge < -0.3 is 5.32 Å². The lowest BCUT2D eigenvalue weighted by atomic mass is 10.1. The molecule has 0 aliphatic carbocycles. The van der Waals surface area contributed by atoms with E-state index in [9.17, 15) is 13.2 Å². The fraction of sp³-hybridized carbons (Fsp3) is 0.533. The van der Waals surface area contributed by atoms with Gasteiger partial charge in [0.2, 0.25) is 15.9 Å². The number of hydrogen-bond acceptors (Lipinski definition) is 3. The molecule has 0 radical (unpaired) electrons. The van der Waals surface area contributed by atoms with Gasteiger partial charge in [0.05, 0.1) is 6.26 Å². The molecular weight excluding hydrogens is 288 g/mol. The molecule has 0 saturated carbocycles. The molecule has 0 heterocycles. The topological polar surface area (TPSA) is 66.5 Å². The highest BCUT2D eigenvalue weighted by atomic mass is 32.2. The van der Waals surface area contributed by atoms with E-state index < -0.39 is 10.0 Å². The molecule has 0 bridgehead atoms. The van der Waals surface area contributed by atoms with Crippen molar-refractivity contribution in [2.24, 2.45) is 0 Å². The Kier molecular flexibility index (Phi) is 6.84. The molecule has 0 saturated heterocycles. The fourth-order valence-corrected chi connectivity index (χ4v) is 2.76. The predicted molar refractivity (Wildman–Crippen MR) is 84.4 cm³/mol. The summed E-state index contributed by atoms with van der Waals surface area (Å²) in [6.07, 6.45) is 2.22. The Bertz CT molecular complexity index is 570. The molecule has 0 atom stereocenters. The summed E-state index contributed by atoms with van der Waals surface area (Å²) in [7, 11) is -3.34. The van der Waals surface area contributed by atoms with Gasteiger partial charge in [-0.05, 0) is 18.9 Å². The van der Waals surface area contributed by atoms with Gasteiger partial charge in [-0.3, -0.25) is 4.79 Å². The van der Waals surface area contributed by atoms with Crippen LogP contribution in [0.15, 0.2) is 24.3 Å². The van der Waals surface area contributed by atoms with Crippen LogP contribution in [0.4, 0.5) is 0 Å². The van der Waals surface area contributed by atoms with Crippen LogP contribution in [0.2, 0.25) is 0 Å². The summed E-state index contributed by atoms with van der Waals surface area (Å²) in [6.45, 7) is 5.05. The van der Waals surface area contributed by atoms with Gasteiger partial charge in [0, 0.05) is 26.1 Å². The highest BCUT2D eigenvalue weighted by molar-refractivity contribution is 7.88. The first-order valence-electron chi connectivity index (χ1n) is 7.10. The molecule has 5 nitrogen and oxygen atoms in total. The third-order valence-electron chi connectivity index (χ3n) is 3.07. The maximum absolute atomic E-state index is 11.8. The van der Waals surface area contributed by atoms with Crippen LogP contribution in [0, 0.1) is 6.92 Å². The van der Waals surface area contributed by atoms with Crippen LogP contribution in [0.25, 0.3) is 0 Å². The number of benzene rings is 1. The quantitative estimate of drug-likeness (QED) is 0.794. The van der Waals surface area contributed by atoms with Crippen LogP contribution in [-0.4, -0.2) is 38.0 Å². The average molecular weight is 312 g/mol. The largest absolute Gasteiger partial charge is 0.356 e. The van der Waals surface area contributed by atoms with Gasteiger partial charge in [-0.25, -0.2) is 8.42 Å². The minimum atomic E-state index is -3.34. The molecule has 1 aromatic carbocycles. The highest BCUT2D eigenvalue weighted by Gasteiger charge is 2.18. The summed E-state index contributed by atoms with van der Waals surface area (Å²) in [4.78, 5) is 11.6. The number of rotatable bonds is 8. The summed E-state index contributed by atoms with van der Waals surface area (Å²) in [5.74, 6) is -0.116. The van der Waals surface area contributed by atoms with Gasteiger partial charge in [0.1, 0.15) is 0 Å². The molecule has 1 N–H and O–H groups in total. The second-order valence-corrected chi connectivity index (χ2v) is 7.17. The molecule has 0 aliphatic rings. The Morgan fingerprint density at radius 1 is 1.33 bits per heavy atom. The second kappa shape index (κ2) is 8.14. The molecule has 0 aliphatic heterocycles. The lowest BCUT2D eigenvalue weighted by Crippen LogP contribution is -2.34. The molecule has 6 heteroatoms. The molecule has 1 aromatic rings. The van der Waals surface area contributed by atoms with Crippen molar-refractivity contribution in [1.82, 2.24) is 9.62 Å². The number of aryl methyl sites for hydroxylation is 1. The number of carbonyl (C=O) groups excluding carboxylic acids is 1. The van der Waals surface area contributed by atoms with Crippen molar-refractivity contribution >= 4 is 15.9 Å². The zero-order valence-corrected chi connectivity index (χ0v) is 13.7. The Morgan fingerprint density at radius 2 is 2.05 bits per heavy atom. The maximum Gasteiger partial charge on any atom is 0.221 e. The van der Waals surface area contributed by atoms with Gasteiger partial charge >= 0.3 is 0 Å². The van der Waals surface area contributed by atoms with Gasteiger partial charge in [-0.2, -0.15) is 4.31 Å². The number of sulfonamides is 1. The molecule has 0 unspecified atom stereocenters. The van der Waals surface area contributed by atoms with Gasteiger partial charge in [0.25, 0.3) is 0 Å². The SMILES string of the molecule is CCCNC(=O)CCN(Cc1cccc(C)c1)S(C)(=O)=O. The standard InChI is InChI=1S/C15H24N2O3S/c1-4-9-16-15(18)8-10-17(21(3,19)20)12-14-7-5-6-13(2)11-14/h5-7,11H,4,8-10,12H2,1-3H3,(H,16,18). The Balaban J connectivity index is 2.67. The lowest BCUT2D eigenvalue weighted by Gasteiger charge is -2.20. The monoisotopic (exact) mass is 312 g/mol. The van der Waals surface area contributed by atoms with Crippen molar-refractivity contribution in [3.05, 3.63) is 35.4 Å². The Hall–Kier alpha value is -1.40. The van der Waals surface area contributed by atoms with Crippen molar-refractivity contribution in [3.8, 4) is 0 Å². The summed E-state index contributed by atoms with van der Waals surface area (Å²) in [6, 6.07) is 7.71. The smallest absolute Gasteiger partial charge is 0.221 e. The number of hydrogen-bond donors (Lipinski definition) is 1. The normalized spacial score (nSPS) is 11.6. The Morgan fingerprint density at radius 3 is 2.62 bits per heavy atom. The predicted octanol–water partition coefficient (Wildman–Crippen LogP) is 1.67. The number of amides is 1. The third kappa shape index (κ3) is 6.73. The molecule has 0 fully saturated rings. The Labute approximate surface area is 127 Å². The summed E-state index contributed by atoms with van der Waals surface area (Å²) >= 11 is 0. The van der Waals surface area contributed by atoms with Gasteiger partial charge in [-0.1, -0.05) is 36.8 Å². The lowest BCUT2D eigenvalue weighted by molar-refractivity contribution is -0.121. The second-order valence-electron chi connectivity index (χ2n) is 5.19. The minimum Gasteiger partial charge on any atom is -0.356 e. The van der Waals surface area contributed by atoms with Gasteiger partial charge in [-0.15, -0.1) is 0 Å². The average Bonchev–Trinajstić information content (AvgIpc) is 2.40. The van der Waals surface area contributed by atoms with Gasteiger partial charge in [0.15, 0.2) is 0 Å². The molecule has 0 spiro atoms.